The molecule has 2 aromatic carbocycles. The van der Waals surface area contributed by atoms with Crippen LogP contribution in [0, 0.1) is 17.0 Å². The van der Waals surface area contributed by atoms with Gasteiger partial charge in [0.25, 0.3) is 0 Å². The Hall–Kier alpha value is -2.17. The topological polar surface area (TPSA) is 53.1 Å². The number of anilines is 1. The third-order valence-corrected chi connectivity index (χ3v) is 3.61. The maximum Gasteiger partial charge on any atom is 0.192 e. The van der Waals surface area contributed by atoms with Gasteiger partial charge in [-0.3, -0.25) is 5.41 Å². The first-order chi connectivity index (χ1) is 9.00. The van der Waals surface area contributed by atoms with E-state index in [4.69, 9.17) is 11.1 Å². The molecule has 0 spiro atoms. The maximum atomic E-state index is 14.1. The van der Waals surface area contributed by atoms with Crippen molar-refractivity contribution in [2.75, 3.05) is 11.4 Å². The summed E-state index contributed by atoms with van der Waals surface area (Å²) in [6.07, 6.45) is 0. The van der Waals surface area contributed by atoms with E-state index in [-0.39, 0.29) is 17.3 Å². The molecular formula is C14H13F2N3. The first-order valence-corrected chi connectivity index (χ1v) is 6.03. The highest BCUT2D eigenvalue weighted by molar-refractivity contribution is 6.01. The molecule has 5 heteroatoms. The predicted molar refractivity (Wildman–Crippen MR) is 71.5 cm³/mol. The van der Waals surface area contributed by atoms with Gasteiger partial charge in [-0.25, -0.2) is 8.78 Å². The number of fused-ring (bicyclic) bond motifs is 3. The highest BCUT2D eigenvalue weighted by Gasteiger charge is 2.30. The summed E-state index contributed by atoms with van der Waals surface area (Å²) in [5, 5.41) is 8.11. The van der Waals surface area contributed by atoms with Crippen LogP contribution < -0.4 is 10.6 Å². The molecule has 19 heavy (non-hydrogen) atoms. The minimum atomic E-state index is -0.618. The zero-order chi connectivity index (χ0) is 13.7. The molecule has 0 saturated carbocycles. The predicted octanol–water partition coefficient (Wildman–Crippen LogP) is 2.93. The molecule has 1 aliphatic heterocycles. The van der Waals surface area contributed by atoms with Crippen LogP contribution in [0.15, 0.2) is 24.3 Å². The van der Waals surface area contributed by atoms with Gasteiger partial charge in [-0.05, 0) is 23.1 Å². The van der Waals surface area contributed by atoms with Crippen LogP contribution in [0.25, 0.3) is 10.8 Å². The number of halogens is 2. The fourth-order valence-electron chi connectivity index (χ4n) is 2.83. The van der Waals surface area contributed by atoms with Crippen LogP contribution in [0.2, 0.25) is 0 Å². The lowest BCUT2D eigenvalue weighted by Crippen LogP contribution is -2.35. The van der Waals surface area contributed by atoms with Crippen LogP contribution in [0.1, 0.15) is 18.4 Å². The van der Waals surface area contributed by atoms with Crippen molar-refractivity contribution in [3.8, 4) is 0 Å². The number of hydrogen-bond acceptors (Lipinski definition) is 1. The lowest BCUT2D eigenvalue weighted by molar-refractivity contribution is 0.608. The molecule has 1 unspecified atom stereocenters. The summed E-state index contributed by atoms with van der Waals surface area (Å²) in [6.45, 7) is 2.48. The minimum absolute atomic E-state index is 0.0125. The Labute approximate surface area is 109 Å². The van der Waals surface area contributed by atoms with Crippen LogP contribution >= 0.6 is 0 Å². The Kier molecular flexibility index (Phi) is 2.45. The number of rotatable bonds is 0. The number of nitrogens with two attached hydrogens (primary N) is 1. The molecule has 3 nitrogen and oxygen atoms in total. The Morgan fingerprint density at radius 3 is 2.79 bits per heavy atom. The van der Waals surface area contributed by atoms with Crippen LogP contribution in [0.4, 0.5) is 14.5 Å². The molecule has 0 aromatic heterocycles. The lowest BCUT2D eigenvalue weighted by Gasteiger charge is -2.17. The monoisotopic (exact) mass is 261 g/mol. The molecular weight excluding hydrogens is 248 g/mol. The van der Waals surface area contributed by atoms with E-state index in [1.165, 1.54) is 12.1 Å². The summed E-state index contributed by atoms with van der Waals surface area (Å²) in [4.78, 5) is 1.55. The highest BCUT2D eigenvalue weighted by atomic mass is 19.1. The van der Waals surface area contributed by atoms with Gasteiger partial charge in [-0.15, -0.1) is 0 Å². The van der Waals surface area contributed by atoms with Gasteiger partial charge in [0.15, 0.2) is 5.96 Å². The zero-order valence-electron chi connectivity index (χ0n) is 10.4. The van der Waals surface area contributed by atoms with E-state index >= 15 is 0 Å². The molecule has 0 bridgehead atoms. The second-order valence-corrected chi connectivity index (χ2v) is 4.85. The molecule has 3 rings (SSSR count). The summed E-state index contributed by atoms with van der Waals surface area (Å²) >= 11 is 0. The standard InChI is InChI=1S/C14H13F2N3/c1-7-6-19(14(17)18)11-5-10(16)13-8(12(7)11)3-2-4-9(13)15/h2-5,7H,6H2,1H3,(H3,17,18). The largest absolute Gasteiger partial charge is 0.370 e. The highest BCUT2D eigenvalue weighted by Crippen LogP contribution is 2.42. The van der Waals surface area contributed by atoms with Gasteiger partial charge in [0.2, 0.25) is 0 Å². The quantitative estimate of drug-likeness (QED) is 0.566. The van der Waals surface area contributed by atoms with Crippen molar-refractivity contribution in [3.05, 3.63) is 41.5 Å². The Morgan fingerprint density at radius 2 is 2.11 bits per heavy atom. The number of nitrogens with one attached hydrogen (secondary N) is 1. The van der Waals surface area contributed by atoms with Gasteiger partial charge >= 0.3 is 0 Å². The van der Waals surface area contributed by atoms with Gasteiger partial charge in [0, 0.05) is 12.5 Å². The molecule has 98 valence electrons. The average molecular weight is 261 g/mol. The Bertz CT molecular complexity index is 697. The number of benzene rings is 2. The van der Waals surface area contributed by atoms with Gasteiger partial charge in [0.1, 0.15) is 11.6 Å². The minimum Gasteiger partial charge on any atom is -0.370 e. The van der Waals surface area contributed by atoms with Gasteiger partial charge in [0.05, 0.1) is 11.1 Å². The summed E-state index contributed by atoms with van der Waals surface area (Å²) in [6, 6.07) is 5.80. The van der Waals surface area contributed by atoms with Crippen molar-refractivity contribution in [1.82, 2.24) is 0 Å². The van der Waals surface area contributed by atoms with Crippen molar-refractivity contribution in [2.45, 2.75) is 12.8 Å². The van der Waals surface area contributed by atoms with E-state index in [0.717, 1.165) is 5.56 Å². The van der Waals surface area contributed by atoms with E-state index in [1.54, 1.807) is 17.0 Å². The van der Waals surface area contributed by atoms with Crippen molar-refractivity contribution in [1.29, 1.82) is 5.41 Å². The smallest absolute Gasteiger partial charge is 0.192 e. The Balaban J connectivity index is 2.40. The SMILES string of the molecule is CC1CN(C(=N)N)c2cc(F)c3c(F)cccc3c21. The van der Waals surface area contributed by atoms with E-state index in [0.29, 0.717) is 17.6 Å². The van der Waals surface area contributed by atoms with Gasteiger partial charge in [-0.1, -0.05) is 19.1 Å². The molecule has 1 heterocycles. The van der Waals surface area contributed by atoms with Gasteiger partial charge in [-0.2, -0.15) is 0 Å². The van der Waals surface area contributed by atoms with E-state index in [1.807, 2.05) is 6.92 Å². The zero-order valence-corrected chi connectivity index (χ0v) is 10.4. The molecule has 1 atom stereocenters. The van der Waals surface area contributed by atoms with Gasteiger partial charge < -0.3 is 10.6 Å². The lowest BCUT2D eigenvalue weighted by atomic mass is 9.95. The number of hydrogen-bond donors (Lipinski definition) is 2. The van der Waals surface area contributed by atoms with Crippen LogP contribution in [-0.2, 0) is 0 Å². The van der Waals surface area contributed by atoms with Crippen LogP contribution in [-0.4, -0.2) is 12.5 Å². The van der Waals surface area contributed by atoms with E-state index in [2.05, 4.69) is 0 Å². The summed E-state index contributed by atoms with van der Waals surface area (Å²) < 4.78 is 27.9. The second-order valence-electron chi connectivity index (χ2n) is 4.85. The van der Waals surface area contributed by atoms with Crippen molar-refractivity contribution >= 4 is 22.4 Å². The molecule has 3 N–H and O–H groups in total. The maximum absolute atomic E-state index is 14.1. The van der Waals surface area contributed by atoms with E-state index in [9.17, 15) is 8.78 Å². The summed E-state index contributed by atoms with van der Waals surface area (Å²) in [7, 11) is 0. The van der Waals surface area contributed by atoms with Crippen LogP contribution in [0.3, 0.4) is 0 Å². The molecule has 0 fully saturated rings. The average Bonchev–Trinajstić information content (AvgIpc) is 2.67. The van der Waals surface area contributed by atoms with Crippen molar-refractivity contribution < 1.29 is 8.78 Å². The number of guanidine groups is 1. The molecule has 0 amide bonds. The first kappa shape index (κ1) is 11.9. The normalized spacial score (nSPS) is 17.8. The number of nitrogens with zero attached hydrogens (tertiary/aromatic N) is 1. The molecule has 0 aliphatic carbocycles. The first-order valence-electron chi connectivity index (χ1n) is 6.03. The molecule has 0 radical (unpaired) electrons. The van der Waals surface area contributed by atoms with Crippen LogP contribution in [0.5, 0.6) is 0 Å². The Morgan fingerprint density at radius 1 is 1.37 bits per heavy atom. The molecule has 0 saturated heterocycles. The fraction of sp³-hybridized carbons (Fsp3) is 0.214. The second kappa shape index (κ2) is 3.91. The summed E-state index contributed by atoms with van der Waals surface area (Å²) in [5.74, 6) is -1.23. The molecule has 1 aliphatic rings. The van der Waals surface area contributed by atoms with Crippen molar-refractivity contribution in [3.63, 3.8) is 0 Å². The fourth-order valence-corrected chi connectivity index (χ4v) is 2.83. The third-order valence-electron chi connectivity index (χ3n) is 3.61. The van der Waals surface area contributed by atoms with Crippen molar-refractivity contribution in [2.24, 2.45) is 5.73 Å². The molecule has 2 aromatic rings. The van der Waals surface area contributed by atoms with E-state index < -0.39 is 11.6 Å². The third kappa shape index (κ3) is 1.58. The summed E-state index contributed by atoms with van der Waals surface area (Å²) in [5.41, 5.74) is 6.93.